The number of rotatable bonds is 6. The summed E-state index contributed by atoms with van der Waals surface area (Å²) in [5, 5.41) is 8.14. The van der Waals surface area contributed by atoms with Gasteiger partial charge in [0.15, 0.2) is 0 Å². The van der Waals surface area contributed by atoms with E-state index >= 15 is 0 Å². The Morgan fingerprint density at radius 1 is 1.09 bits per heavy atom. The molecule has 0 bridgehead atoms. The quantitative estimate of drug-likeness (QED) is 0.439. The van der Waals surface area contributed by atoms with Gasteiger partial charge in [-0.15, -0.1) is 0 Å². The molecule has 0 fully saturated rings. The third kappa shape index (κ3) is 3.63. The zero-order valence-corrected chi connectivity index (χ0v) is 18.2. The highest BCUT2D eigenvalue weighted by molar-refractivity contribution is 6.30. The molecule has 1 N–H and O–H groups in total. The average molecular weight is 445 g/mol. The molecule has 0 saturated carbocycles. The van der Waals surface area contributed by atoms with Crippen molar-refractivity contribution < 1.29 is 9.53 Å². The predicted molar refractivity (Wildman–Crippen MR) is 123 cm³/mol. The van der Waals surface area contributed by atoms with Crippen LogP contribution in [0.4, 0.5) is 0 Å². The van der Waals surface area contributed by atoms with Crippen LogP contribution in [-0.2, 0) is 6.54 Å². The van der Waals surface area contributed by atoms with Crippen LogP contribution < -0.4 is 4.74 Å². The van der Waals surface area contributed by atoms with Crippen molar-refractivity contribution in [1.29, 1.82) is 0 Å². The van der Waals surface area contributed by atoms with Crippen molar-refractivity contribution in [3.8, 4) is 17.0 Å². The van der Waals surface area contributed by atoms with Crippen LogP contribution in [0.2, 0.25) is 5.02 Å². The lowest BCUT2D eigenvalue weighted by molar-refractivity contribution is 0.0729. The summed E-state index contributed by atoms with van der Waals surface area (Å²) in [6.45, 7) is 2.97. The van der Waals surface area contributed by atoms with Crippen LogP contribution in [0, 0.1) is 0 Å². The summed E-state index contributed by atoms with van der Waals surface area (Å²) >= 11 is 6.09. The molecular weight excluding hydrogens is 424 g/mol. The second kappa shape index (κ2) is 8.48. The highest BCUT2D eigenvalue weighted by atomic mass is 35.5. The first-order valence-electron chi connectivity index (χ1n) is 10.4. The van der Waals surface area contributed by atoms with E-state index in [-0.39, 0.29) is 11.9 Å². The number of benzene rings is 2. The van der Waals surface area contributed by atoms with Crippen molar-refractivity contribution in [3.63, 3.8) is 0 Å². The van der Waals surface area contributed by atoms with Gasteiger partial charge in [0.05, 0.1) is 18.3 Å². The van der Waals surface area contributed by atoms with E-state index in [0.717, 1.165) is 33.7 Å². The van der Waals surface area contributed by atoms with Gasteiger partial charge < -0.3 is 9.64 Å². The second-order valence-electron chi connectivity index (χ2n) is 7.56. The Morgan fingerprint density at radius 3 is 2.62 bits per heavy atom. The highest BCUT2D eigenvalue weighted by Gasteiger charge is 2.42. The third-order valence-corrected chi connectivity index (χ3v) is 5.82. The Labute approximate surface area is 190 Å². The van der Waals surface area contributed by atoms with Gasteiger partial charge in [-0.3, -0.25) is 14.9 Å². The fourth-order valence-electron chi connectivity index (χ4n) is 4.16. The Kier molecular flexibility index (Phi) is 5.37. The lowest BCUT2D eigenvalue weighted by Crippen LogP contribution is -2.29. The molecule has 0 saturated heterocycles. The molecule has 5 rings (SSSR count). The molecule has 0 radical (unpaired) electrons. The molecule has 1 amide bonds. The summed E-state index contributed by atoms with van der Waals surface area (Å²) < 4.78 is 5.73. The molecule has 160 valence electrons. The van der Waals surface area contributed by atoms with Crippen LogP contribution in [-0.4, -0.2) is 32.6 Å². The van der Waals surface area contributed by atoms with Gasteiger partial charge >= 0.3 is 0 Å². The summed E-state index contributed by atoms with van der Waals surface area (Å²) in [6, 6.07) is 18.9. The van der Waals surface area contributed by atoms with E-state index < -0.39 is 0 Å². The standard InChI is InChI=1S/C25H21ClN4O2/c1-2-32-20-5-3-4-18(14-20)24-21-22(17-6-8-19(26)9-7-17)28-29-23(21)25(31)30(24)15-16-10-12-27-13-11-16/h3-14,24H,2,15H2,1H3,(H,28,29). The number of H-pyrrole nitrogens is 1. The Hall–Kier alpha value is -3.64. The van der Waals surface area contributed by atoms with Gasteiger partial charge in [0.1, 0.15) is 11.4 Å². The molecular formula is C25H21ClN4O2. The van der Waals surface area contributed by atoms with Crippen LogP contribution in [0.5, 0.6) is 5.75 Å². The largest absolute Gasteiger partial charge is 0.494 e. The molecule has 1 unspecified atom stereocenters. The van der Waals surface area contributed by atoms with Crippen molar-refractivity contribution in [3.05, 3.63) is 100 Å². The zero-order chi connectivity index (χ0) is 22.1. The van der Waals surface area contributed by atoms with Crippen molar-refractivity contribution >= 4 is 17.5 Å². The SMILES string of the molecule is CCOc1cccc(C2c3c(-c4ccc(Cl)cc4)n[nH]c3C(=O)N2Cc2ccncc2)c1. The Morgan fingerprint density at radius 2 is 1.88 bits per heavy atom. The molecule has 6 nitrogen and oxygen atoms in total. The van der Waals surface area contributed by atoms with E-state index in [9.17, 15) is 4.79 Å². The first-order valence-corrected chi connectivity index (χ1v) is 10.8. The minimum atomic E-state index is -0.310. The van der Waals surface area contributed by atoms with E-state index in [2.05, 4.69) is 15.2 Å². The first-order chi connectivity index (χ1) is 15.7. The van der Waals surface area contributed by atoms with Crippen molar-refractivity contribution in [2.24, 2.45) is 0 Å². The predicted octanol–water partition coefficient (Wildman–Crippen LogP) is 5.27. The second-order valence-corrected chi connectivity index (χ2v) is 8.00. The maximum absolute atomic E-state index is 13.5. The van der Waals surface area contributed by atoms with Crippen LogP contribution in [0.25, 0.3) is 11.3 Å². The Balaban J connectivity index is 1.64. The van der Waals surface area contributed by atoms with Crippen molar-refractivity contribution in [2.75, 3.05) is 6.61 Å². The van der Waals surface area contributed by atoms with Gasteiger partial charge in [-0.1, -0.05) is 35.9 Å². The summed E-state index contributed by atoms with van der Waals surface area (Å²) in [7, 11) is 0. The van der Waals surface area contributed by atoms with Crippen molar-refractivity contribution in [1.82, 2.24) is 20.1 Å². The van der Waals surface area contributed by atoms with E-state index in [4.69, 9.17) is 16.3 Å². The molecule has 3 heterocycles. The summed E-state index contributed by atoms with van der Waals surface area (Å²) in [5.74, 6) is 0.683. The van der Waals surface area contributed by atoms with Gasteiger partial charge in [0.25, 0.3) is 5.91 Å². The number of amides is 1. The molecule has 1 atom stereocenters. The highest BCUT2D eigenvalue weighted by Crippen LogP contribution is 2.44. The van der Waals surface area contributed by atoms with Crippen LogP contribution in [0.1, 0.15) is 40.1 Å². The lowest BCUT2D eigenvalue weighted by atomic mass is 9.95. The number of aromatic nitrogens is 3. The van der Waals surface area contributed by atoms with Gasteiger partial charge in [0.2, 0.25) is 0 Å². The molecule has 7 heteroatoms. The number of ether oxygens (including phenoxy) is 1. The van der Waals surface area contributed by atoms with Gasteiger partial charge in [-0.05, 0) is 54.4 Å². The summed E-state index contributed by atoms with van der Waals surface area (Å²) in [4.78, 5) is 19.4. The van der Waals surface area contributed by atoms with E-state index in [1.54, 1.807) is 12.4 Å². The van der Waals surface area contributed by atoms with E-state index in [1.165, 1.54) is 0 Å². The van der Waals surface area contributed by atoms with Crippen LogP contribution in [0.3, 0.4) is 0 Å². The molecule has 2 aromatic heterocycles. The number of carbonyl (C=O) groups excluding carboxylic acids is 1. The third-order valence-electron chi connectivity index (χ3n) is 5.57. The van der Waals surface area contributed by atoms with Crippen molar-refractivity contribution in [2.45, 2.75) is 19.5 Å². The van der Waals surface area contributed by atoms with Crippen LogP contribution >= 0.6 is 11.6 Å². The van der Waals surface area contributed by atoms with Gasteiger partial charge in [-0.2, -0.15) is 5.10 Å². The smallest absolute Gasteiger partial charge is 0.273 e. The number of nitrogens with one attached hydrogen (secondary N) is 1. The number of halogens is 1. The fraction of sp³-hybridized carbons (Fsp3) is 0.160. The molecule has 2 aromatic carbocycles. The molecule has 0 spiro atoms. The van der Waals surface area contributed by atoms with Crippen LogP contribution in [0.15, 0.2) is 73.1 Å². The Bertz CT molecular complexity index is 1250. The number of fused-ring (bicyclic) bond motifs is 1. The first kappa shape index (κ1) is 20.3. The monoisotopic (exact) mass is 444 g/mol. The molecule has 0 aliphatic carbocycles. The summed E-state index contributed by atoms with van der Waals surface area (Å²) in [5.41, 5.74) is 4.99. The molecule has 1 aliphatic heterocycles. The lowest BCUT2D eigenvalue weighted by Gasteiger charge is -2.27. The fourth-order valence-corrected chi connectivity index (χ4v) is 4.29. The van der Waals surface area contributed by atoms with E-state index in [1.807, 2.05) is 72.5 Å². The number of pyridine rings is 1. The molecule has 4 aromatic rings. The topological polar surface area (TPSA) is 71.1 Å². The summed E-state index contributed by atoms with van der Waals surface area (Å²) in [6.07, 6.45) is 3.47. The van der Waals surface area contributed by atoms with E-state index in [0.29, 0.717) is 23.9 Å². The minimum Gasteiger partial charge on any atom is -0.494 e. The number of carbonyl (C=O) groups is 1. The maximum Gasteiger partial charge on any atom is 0.273 e. The number of aromatic amines is 1. The van der Waals surface area contributed by atoms with Gasteiger partial charge in [-0.25, -0.2) is 0 Å². The number of hydrogen-bond acceptors (Lipinski definition) is 4. The number of hydrogen-bond donors (Lipinski definition) is 1. The van der Waals surface area contributed by atoms with Gasteiger partial charge in [0, 0.05) is 35.1 Å². The minimum absolute atomic E-state index is 0.0867. The number of nitrogens with zero attached hydrogens (tertiary/aromatic N) is 3. The molecule has 32 heavy (non-hydrogen) atoms. The average Bonchev–Trinajstić information content (AvgIpc) is 3.35. The maximum atomic E-state index is 13.5. The normalized spacial score (nSPS) is 15.1. The zero-order valence-electron chi connectivity index (χ0n) is 17.5. The molecule has 1 aliphatic rings.